The molecule has 2 aromatic rings. The Hall–Kier alpha value is -2.03. The molecule has 1 aromatic carbocycles. The van der Waals surface area contributed by atoms with Gasteiger partial charge in [-0.2, -0.15) is 4.31 Å². The summed E-state index contributed by atoms with van der Waals surface area (Å²) in [5, 5.41) is 0. The molecule has 3 rings (SSSR count). The van der Waals surface area contributed by atoms with Crippen LogP contribution >= 0.6 is 0 Å². The quantitative estimate of drug-likeness (QED) is 0.833. The summed E-state index contributed by atoms with van der Waals surface area (Å²) in [6, 6.07) is 6.46. The minimum absolute atomic E-state index is 0.206. The minimum Gasteiger partial charge on any atom is -0.497 e. The Kier molecular flexibility index (Phi) is 4.79. The second kappa shape index (κ2) is 6.84. The van der Waals surface area contributed by atoms with Crippen LogP contribution in [0.25, 0.3) is 0 Å². The number of benzene rings is 1. The van der Waals surface area contributed by atoms with Gasteiger partial charge in [-0.3, -0.25) is 9.97 Å². The molecule has 7 nitrogen and oxygen atoms in total. The fourth-order valence-corrected chi connectivity index (χ4v) is 3.96. The summed E-state index contributed by atoms with van der Waals surface area (Å²) in [5.74, 6) is 0.505. The van der Waals surface area contributed by atoms with Crippen LogP contribution < -0.4 is 4.74 Å². The van der Waals surface area contributed by atoms with E-state index in [0.717, 1.165) is 5.69 Å². The molecule has 0 N–H and O–H groups in total. The highest BCUT2D eigenvalue weighted by molar-refractivity contribution is 7.89. The van der Waals surface area contributed by atoms with Crippen LogP contribution in [0.1, 0.15) is 17.5 Å². The molecule has 0 aliphatic carbocycles. The highest BCUT2D eigenvalue weighted by Gasteiger charge is 2.32. The predicted molar refractivity (Wildman–Crippen MR) is 87.2 cm³/mol. The van der Waals surface area contributed by atoms with Gasteiger partial charge in [-0.15, -0.1) is 0 Å². The summed E-state index contributed by atoms with van der Waals surface area (Å²) in [5.41, 5.74) is 1.43. The maximum absolute atomic E-state index is 12.9. The van der Waals surface area contributed by atoms with Crippen LogP contribution in [0.15, 0.2) is 41.6 Å². The molecule has 0 saturated carbocycles. The first kappa shape index (κ1) is 16.8. The SMILES string of the molecule is COc1cccc(S(=O)(=O)N2CCO[C@H](c3cnc(C)cn3)C2)c1. The van der Waals surface area contributed by atoms with Gasteiger partial charge in [-0.05, 0) is 19.1 Å². The Morgan fingerprint density at radius 3 is 2.83 bits per heavy atom. The van der Waals surface area contributed by atoms with E-state index in [2.05, 4.69) is 9.97 Å². The largest absolute Gasteiger partial charge is 0.497 e. The van der Waals surface area contributed by atoms with Crippen LogP contribution in [-0.4, -0.2) is 49.5 Å². The molecule has 2 heterocycles. The van der Waals surface area contributed by atoms with Crippen LogP contribution in [-0.2, 0) is 14.8 Å². The molecule has 1 aliphatic heterocycles. The molecule has 0 spiro atoms. The minimum atomic E-state index is -3.62. The highest BCUT2D eigenvalue weighted by atomic mass is 32.2. The second-order valence-corrected chi connectivity index (χ2v) is 7.42. The number of hydrogen-bond acceptors (Lipinski definition) is 6. The van der Waals surface area contributed by atoms with Gasteiger partial charge in [0.25, 0.3) is 0 Å². The third kappa shape index (κ3) is 3.40. The fourth-order valence-electron chi connectivity index (χ4n) is 2.50. The molecule has 0 amide bonds. The van der Waals surface area contributed by atoms with Crippen LogP contribution in [0.4, 0.5) is 0 Å². The van der Waals surface area contributed by atoms with E-state index in [1.807, 2.05) is 6.92 Å². The summed E-state index contributed by atoms with van der Waals surface area (Å²) in [4.78, 5) is 8.69. The first-order chi connectivity index (χ1) is 11.5. The van der Waals surface area contributed by atoms with Crippen molar-refractivity contribution in [3.63, 3.8) is 0 Å². The third-order valence-electron chi connectivity index (χ3n) is 3.84. The number of nitrogens with zero attached hydrogens (tertiary/aromatic N) is 3. The smallest absolute Gasteiger partial charge is 0.243 e. The molecule has 0 radical (unpaired) electrons. The molecule has 1 fully saturated rings. The van der Waals surface area contributed by atoms with E-state index in [1.54, 1.807) is 30.6 Å². The molecule has 1 atom stereocenters. The lowest BCUT2D eigenvalue weighted by molar-refractivity contribution is -0.00516. The van der Waals surface area contributed by atoms with Gasteiger partial charge in [-0.1, -0.05) is 6.07 Å². The monoisotopic (exact) mass is 349 g/mol. The Balaban J connectivity index is 1.84. The number of hydrogen-bond donors (Lipinski definition) is 0. The van der Waals surface area contributed by atoms with Crippen LogP contribution in [0.5, 0.6) is 5.75 Å². The van der Waals surface area contributed by atoms with Crippen molar-refractivity contribution in [2.45, 2.75) is 17.9 Å². The topological polar surface area (TPSA) is 81.6 Å². The number of aromatic nitrogens is 2. The van der Waals surface area contributed by atoms with E-state index in [4.69, 9.17) is 9.47 Å². The van der Waals surface area contributed by atoms with Crippen molar-refractivity contribution in [1.29, 1.82) is 0 Å². The molecule has 0 unspecified atom stereocenters. The van der Waals surface area contributed by atoms with Gasteiger partial charge in [0.1, 0.15) is 11.9 Å². The number of methoxy groups -OCH3 is 1. The van der Waals surface area contributed by atoms with Gasteiger partial charge in [0.15, 0.2) is 0 Å². The summed E-state index contributed by atoms with van der Waals surface area (Å²) in [6.45, 7) is 2.66. The average Bonchev–Trinajstić information content (AvgIpc) is 2.62. The van der Waals surface area contributed by atoms with Crippen molar-refractivity contribution in [2.75, 3.05) is 26.8 Å². The lowest BCUT2D eigenvalue weighted by atomic mass is 10.2. The zero-order valence-corrected chi connectivity index (χ0v) is 14.4. The summed E-state index contributed by atoms with van der Waals surface area (Å²) in [6.07, 6.45) is 2.85. The van der Waals surface area contributed by atoms with E-state index in [0.29, 0.717) is 24.6 Å². The number of morpholine rings is 1. The maximum atomic E-state index is 12.9. The Labute approximate surface area is 141 Å². The lowest BCUT2D eigenvalue weighted by Gasteiger charge is -2.31. The van der Waals surface area contributed by atoms with Gasteiger partial charge < -0.3 is 9.47 Å². The molecular formula is C16H19N3O4S. The highest BCUT2D eigenvalue weighted by Crippen LogP contribution is 2.26. The van der Waals surface area contributed by atoms with Crippen LogP contribution in [0.2, 0.25) is 0 Å². The zero-order valence-electron chi connectivity index (χ0n) is 13.5. The number of ether oxygens (including phenoxy) is 2. The fraction of sp³-hybridized carbons (Fsp3) is 0.375. The first-order valence-electron chi connectivity index (χ1n) is 7.55. The van der Waals surface area contributed by atoms with Crippen LogP contribution in [0.3, 0.4) is 0 Å². The third-order valence-corrected chi connectivity index (χ3v) is 5.70. The van der Waals surface area contributed by atoms with Gasteiger partial charge in [-0.25, -0.2) is 8.42 Å². The van der Waals surface area contributed by atoms with Gasteiger partial charge in [0.2, 0.25) is 10.0 Å². The normalized spacial score (nSPS) is 19.2. The Morgan fingerprint density at radius 2 is 2.12 bits per heavy atom. The molecule has 1 saturated heterocycles. The molecular weight excluding hydrogens is 330 g/mol. The van der Waals surface area contributed by atoms with E-state index in [9.17, 15) is 8.42 Å². The van der Waals surface area contributed by atoms with E-state index >= 15 is 0 Å². The standard InChI is InChI=1S/C16H19N3O4S/c1-12-9-18-15(10-17-12)16-11-19(6-7-23-16)24(20,21)14-5-3-4-13(8-14)22-2/h3-5,8-10,16H,6-7,11H2,1-2H3/t16-/m0/s1. The predicted octanol–water partition coefficient (Wildman–Crippen LogP) is 1.56. The van der Waals surface area contributed by atoms with Gasteiger partial charge in [0, 0.05) is 25.4 Å². The van der Waals surface area contributed by atoms with Crippen LogP contribution in [0, 0.1) is 6.92 Å². The van der Waals surface area contributed by atoms with Crippen molar-refractivity contribution in [3.05, 3.63) is 48.0 Å². The first-order valence-corrected chi connectivity index (χ1v) is 8.99. The molecule has 0 bridgehead atoms. The molecule has 128 valence electrons. The maximum Gasteiger partial charge on any atom is 0.243 e. The van der Waals surface area contributed by atoms with Crippen molar-refractivity contribution in [1.82, 2.24) is 14.3 Å². The second-order valence-electron chi connectivity index (χ2n) is 5.48. The molecule has 1 aromatic heterocycles. The number of sulfonamides is 1. The molecule has 24 heavy (non-hydrogen) atoms. The summed E-state index contributed by atoms with van der Waals surface area (Å²) in [7, 11) is -2.11. The van der Waals surface area contributed by atoms with Crippen molar-refractivity contribution < 1.29 is 17.9 Å². The van der Waals surface area contributed by atoms with Crippen molar-refractivity contribution in [2.24, 2.45) is 0 Å². The van der Waals surface area contributed by atoms with E-state index < -0.39 is 16.1 Å². The molecule has 1 aliphatic rings. The van der Waals surface area contributed by atoms with E-state index in [-0.39, 0.29) is 11.4 Å². The molecule has 8 heteroatoms. The van der Waals surface area contributed by atoms with Crippen molar-refractivity contribution in [3.8, 4) is 5.75 Å². The Bertz CT molecular complexity index is 808. The summed E-state index contributed by atoms with van der Waals surface area (Å²) < 4.78 is 37.9. The van der Waals surface area contributed by atoms with E-state index in [1.165, 1.54) is 17.5 Å². The van der Waals surface area contributed by atoms with Crippen molar-refractivity contribution >= 4 is 10.0 Å². The number of rotatable bonds is 4. The summed E-state index contributed by atoms with van der Waals surface area (Å²) >= 11 is 0. The zero-order chi connectivity index (χ0) is 17.2. The van der Waals surface area contributed by atoms with Gasteiger partial charge >= 0.3 is 0 Å². The average molecular weight is 349 g/mol. The Morgan fingerprint density at radius 1 is 1.29 bits per heavy atom. The lowest BCUT2D eigenvalue weighted by Crippen LogP contribution is -2.42. The van der Waals surface area contributed by atoms with Gasteiger partial charge in [0.05, 0.1) is 36.2 Å². The number of aryl methyl sites for hydroxylation is 1.